The fraction of sp³-hybridized carbons (Fsp3) is 0.133. The Morgan fingerprint density at radius 1 is 1.38 bits per heavy atom. The Hall–Kier alpha value is -2.65. The van der Waals surface area contributed by atoms with Gasteiger partial charge in [0.05, 0.1) is 22.4 Å². The standard InChI is InChI=1S/C15H12N4OS/c1-2-20-11-5-6-12-13(8-11)21-15(18-12)19-14-10(9-16)4-3-7-17-14/h3-8H,2H2,1H3,(H,17,18,19). The van der Waals surface area contributed by atoms with E-state index >= 15 is 0 Å². The van der Waals surface area contributed by atoms with E-state index < -0.39 is 0 Å². The molecule has 0 spiro atoms. The maximum absolute atomic E-state index is 9.07. The van der Waals surface area contributed by atoms with Crippen molar-refractivity contribution in [3.8, 4) is 11.8 Å². The number of hydrogen-bond donors (Lipinski definition) is 1. The summed E-state index contributed by atoms with van der Waals surface area (Å²) in [6.07, 6.45) is 1.64. The van der Waals surface area contributed by atoms with Crippen molar-refractivity contribution in [2.75, 3.05) is 11.9 Å². The first-order valence-electron chi connectivity index (χ1n) is 6.45. The molecular formula is C15H12N4OS. The third-order valence-electron chi connectivity index (χ3n) is 2.82. The first-order valence-corrected chi connectivity index (χ1v) is 7.27. The molecule has 1 N–H and O–H groups in total. The molecule has 0 unspecified atom stereocenters. The SMILES string of the molecule is CCOc1ccc2nc(Nc3ncccc3C#N)sc2c1. The van der Waals surface area contributed by atoms with E-state index in [2.05, 4.69) is 21.4 Å². The summed E-state index contributed by atoms with van der Waals surface area (Å²) in [5, 5.41) is 12.9. The van der Waals surface area contributed by atoms with Gasteiger partial charge in [0.2, 0.25) is 0 Å². The molecule has 3 rings (SSSR count). The highest BCUT2D eigenvalue weighted by Crippen LogP contribution is 2.31. The molecular weight excluding hydrogens is 284 g/mol. The van der Waals surface area contributed by atoms with Crippen LogP contribution in [0.15, 0.2) is 36.5 Å². The highest BCUT2D eigenvalue weighted by atomic mass is 32.1. The van der Waals surface area contributed by atoms with Crippen molar-refractivity contribution in [3.63, 3.8) is 0 Å². The zero-order valence-electron chi connectivity index (χ0n) is 11.3. The van der Waals surface area contributed by atoms with Crippen LogP contribution in [-0.2, 0) is 0 Å². The minimum atomic E-state index is 0.492. The van der Waals surface area contributed by atoms with Gasteiger partial charge in [-0.3, -0.25) is 0 Å². The zero-order chi connectivity index (χ0) is 14.7. The minimum Gasteiger partial charge on any atom is -0.494 e. The molecule has 0 aliphatic heterocycles. The topological polar surface area (TPSA) is 70.8 Å². The van der Waals surface area contributed by atoms with Gasteiger partial charge in [-0.2, -0.15) is 5.26 Å². The van der Waals surface area contributed by atoms with Crippen LogP contribution in [0.1, 0.15) is 12.5 Å². The van der Waals surface area contributed by atoms with Gasteiger partial charge in [0.15, 0.2) is 5.13 Å². The van der Waals surface area contributed by atoms with Crippen LogP contribution in [0.5, 0.6) is 5.75 Å². The van der Waals surface area contributed by atoms with Crippen LogP contribution in [0.3, 0.4) is 0 Å². The van der Waals surface area contributed by atoms with Crippen molar-refractivity contribution in [1.82, 2.24) is 9.97 Å². The number of nitrogens with zero attached hydrogens (tertiary/aromatic N) is 3. The molecule has 104 valence electrons. The average Bonchev–Trinajstić information content (AvgIpc) is 2.89. The summed E-state index contributed by atoms with van der Waals surface area (Å²) in [5.74, 6) is 1.35. The van der Waals surface area contributed by atoms with Gasteiger partial charge in [-0.1, -0.05) is 11.3 Å². The number of nitrogens with one attached hydrogen (secondary N) is 1. The summed E-state index contributed by atoms with van der Waals surface area (Å²) in [4.78, 5) is 8.66. The number of rotatable bonds is 4. The number of hydrogen-bond acceptors (Lipinski definition) is 6. The molecule has 0 aliphatic rings. The number of ether oxygens (including phenoxy) is 1. The Morgan fingerprint density at radius 2 is 2.29 bits per heavy atom. The van der Waals surface area contributed by atoms with E-state index in [1.165, 1.54) is 11.3 Å². The van der Waals surface area contributed by atoms with E-state index in [0.717, 1.165) is 16.0 Å². The summed E-state index contributed by atoms with van der Waals surface area (Å²) in [5.41, 5.74) is 1.38. The van der Waals surface area contributed by atoms with Crippen LogP contribution < -0.4 is 10.1 Å². The molecule has 0 saturated heterocycles. The van der Waals surface area contributed by atoms with Crippen LogP contribution >= 0.6 is 11.3 Å². The molecule has 0 atom stereocenters. The summed E-state index contributed by atoms with van der Waals surface area (Å²) < 4.78 is 6.51. The summed E-state index contributed by atoms with van der Waals surface area (Å²) in [7, 11) is 0. The van der Waals surface area contributed by atoms with Gasteiger partial charge in [0, 0.05) is 6.20 Å². The van der Waals surface area contributed by atoms with E-state index in [1.807, 2.05) is 25.1 Å². The van der Waals surface area contributed by atoms with Crippen LogP contribution in [0.4, 0.5) is 10.9 Å². The first kappa shape index (κ1) is 13.3. The average molecular weight is 296 g/mol. The van der Waals surface area contributed by atoms with Crippen LogP contribution in [0.25, 0.3) is 10.2 Å². The summed E-state index contributed by atoms with van der Waals surface area (Å²) >= 11 is 1.50. The van der Waals surface area contributed by atoms with Crippen molar-refractivity contribution in [1.29, 1.82) is 5.26 Å². The van der Waals surface area contributed by atoms with Gasteiger partial charge >= 0.3 is 0 Å². The Morgan fingerprint density at radius 3 is 3.10 bits per heavy atom. The molecule has 0 fully saturated rings. The van der Waals surface area contributed by atoms with Crippen molar-refractivity contribution < 1.29 is 4.74 Å². The number of thiazole rings is 1. The maximum Gasteiger partial charge on any atom is 0.189 e. The van der Waals surface area contributed by atoms with Crippen LogP contribution in [0.2, 0.25) is 0 Å². The van der Waals surface area contributed by atoms with Gasteiger partial charge in [0.1, 0.15) is 17.6 Å². The van der Waals surface area contributed by atoms with Crippen LogP contribution in [0, 0.1) is 11.3 Å². The molecule has 2 heterocycles. The Labute approximate surface area is 125 Å². The van der Waals surface area contributed by atoms with Crippen LogP contribution in [-0.4, -0.2) is 16.6 Å². The first-order chi connectivity index (χ1) is 10.3. The summed E-state index contributed by atoms with van der Waals surface area (Å²) in [6, 6.07) is 11.3. The third kappa shape index (κ3) is 2.78. The lowest BCUT2D eigenvalue weighted by Gasteiger charge is -2.01. The largest absolute Gasteiger partial charge is 0.494 e. The molecule has 0 bridgehead atoms. The quantitative estimate of drug-likeness (QED) is 0.794. The number of aromatic nitrogens is 2. The Bertz CT molecular complexity index is 822. The fourth-order valence-electron chi connectivity index (χ4n) is 1.91. The molecule has 0 aliphatic carbocycles. The second-order valence-electron chi connectivity index (χ2n) is 4.22. The highest BCUT2D eigenvalue weighted by Gasteiger charge is 2.08. The van der Waals surface area contributed by atoms with Gasteiger partial charge < -0.3 is 10.1 Å². The minimum absolute atomic E-state index is 0.492. The highest BCUT2D eigenvalue weighted by molar-refractivity contribution is 7.22. The van der Waals surface area contributed by atoms with Gasteiger partial charge in [0.25, 0.3) is 0 Å². The van der Waals surface area contributed by atoms with Crippen molar-refractivity contribution in [3.05, 3.63) is 42.1 Å². The van der Waals surface area contributed by atoms with Crippen molar-refractivity contribution >= 4 is 32.5 Å². The number of pyridine rings is 1. The van der Waals surface area contributed by atoms with Crippen molar-refractivity contribution in [2.45, 2.75) is 6.92 Å². The molecule has 0 amide bonds. The van der Waals surface area contributed by atoms with Gasteiger partial charge in [-0.05, 0) is 37.3 Å². The molecule has 21 heavy (non-hydrogen) atoms. The number of fused-ring (bicyclic) bond motifs is 1. The lowest BCUT2D eigenvalue weighted by molar-refractivity contribution is 0.341. The van der Waals surface area contributed by atoms with Gasteiger partial charge in [-0.15, -0.1) is 0 Å². The zero-order valence-corrected chi connectivity index (χ0v) is 12.1. The lowest BCUT2D eigenvalue weighted by atomic mass is 10.3. The second-order valence-corrected chi connectivity index (χ2v) is 5.25. The van der Waals surface area contributed by atoms with Crippen molar-refractivity contribution in [2.24, 2.45) is 0 Å². The predicted molar refractivity (Wildman–Crippen MR) is 83.0 cm³/mol. The normalized spacial score (nSPS) is 10.3. The number of benzene rings is 1. The molecule has 0 saturated carbocycles. The maximum atomic E-state index is 9.07. The molecule has 6 heteroatoms. The van der Waals surface area contributed by atoms with E-state index in [9.17, 15) is 0 Å². The van der Waals surface area contributed by atoms with Gasteiger partial charge in [-0.25, -0.2) is 9.97 Å². The molecule has 2 aromatic heterocycles. The molecule has 3 aromatic rings. The Kier molecular flexibility index (Phi) is 3.67. The number of anilines is 2. The fourth-order valence-corrected chi connectivity index (χ4v) is 2.80. The Balaban J connectivity index is 1.93. The third-order valence-corrected chi connectivity index (χ3v) is 3.76. The smallest absolute Gasteiger partial charge is 0.189 e. The molecule has 0 radical (unpaired) electrons. The monoisotopic (exact) mass is 296 g/mol. The predicted octanol–water partition coefficient (Wildman–Crippen LogP) is 3.71. The van der Waals surface area contributed by atoms with E-state index in [0.29, 0.717) is 23.1 Å². The van der Waals surface area contributed by atoms with E-state index in [-0.39, 0.29) is 0 Å². The molecule has 5 nitrogen and oxygen atoms in total. The number of nitriles is 1. The van der Waals surface area contributed by atoms with E-state index in [4.69, 9.17) is 10.00 Å². The lowest BCUT2D eigenvalue weighted by Crippen LogP contribution is -1.95. The van der Waals surface area contributed by atoms with E-state index in [1.54, 1.807) is 18.3 Å². The molecule has 1 aromatic carbocycles. The summed E-state index contributed by atoms with van der Waals surface area (Å²) in [6.45, 7) is 2.59. The second kappa shape index (κ2) is 5.77.